The second-order valence-corrected chi connectivity index (χ2v) is 7.70. The van der Waals surface area contributed by atoms with Crippen molar-refractivity contribution in [2.24, 2.45) is 5.14 Å². The van der Waals surface area contributed by atoms with E-state index in [0.29, 0.717) is 37.0 Å². The molecule has 1 amide bonds. The van der Waals surface area contributed by atoms with E-state index in [2.05, 4.69) is 10.3 Å². The van der Waals surface area contributed by atoms with Crippen molar-refractivity contribution in [3.05, 3.63) is 48.9 Å². The normalized spacial score (nSPS) is 15.3. The van der Waals surface area contributed by atoms with Crippen molar-refractivity contribution >= 4 is 34.5 Å². The van der Waals surface area contributed by atoms with Gasteiger partial charge in [0.2, 0.25) is 5.91 Å². The molecule has 0 saturated carbocycles. The number of fused-ring (bicyclic) bond motifs is 1. The lowest BCUT2D eigenvalue weighted by molar-refractivity contribution is -0.132. The van der Waals surface area contributed by atoms with Crippen LogP contribution in [0.3, 0.4) is 0 Å². The van der Waals surface area contributed by atoms with Gasteiger partial charge in [-0.1, -0.05) is 30.3 Å². The van der Waals surface area contributed by atoms with Gasteiger partial charge in [-0.2, -0.15) is 0 Å². The Morgan fingerprint density at radius 3 is 2.60 bits per heavy atom. The fraction of sp³-hybridized carbons (Fsp3) is 0.300. The number of nitrogens with one attached hydrogen (secondary N) is 2. The summed E-state index contributed by atoms with van der Waals surface area (Å²) in [4.78, 5) is 25.7. The Morgan fingerprint density at radius 1 is 1.20 bits per heavy atom. The number of nitrogens with zero attached hydrogens (tertiary/aromatic N) is 5. The Labute approximate surface area is 178 Å². The third-order valence-corrected chi connectivity index (χ3v) is 5.67. The molecule has 1 aliphatic rings. The van der Waals surface area contributed by atoms with Crippen molar-refractivity contribution < 1.29 is 4.79 Å². The molecule has 3 heterocycles. The van der Waals surface area contributed by atoms with Crippen molar-refractivity contribution in [3.8, 4) is 11.3 Å². The van der Waals surface area contributed by atoms with Crippen molar-refractivity contribution in [2.45, 2.75) is 13.0 Å². The van der Waals surface area contributed by atoms with Gasteiger partial charge in [0.05, 0.1) is 6.20 Å². The Hall–Kier alpha value is -3.11. The minimum atomic E-state index is -0.435. The second-order valence-electron chi connectivity index (χ2n) is 7.08. The van der Waals surface area contributed by atoms with E-state index in [-0.39, 0.29) is 5.91 Å². The molecule has 1 unspecified atom stereocenters. The minimum Gasteiger partial charge on any atom is -0.358 e. The number of imidazole rings is 1. The molecule has 3 aromatic rings. The quantitative estimate of drug-likeness (QED) is 0.333. The van der Waals surface area contributed by atoms with E-state index in [4.69, 9.17) is 15.5 Å². The zero-order valence-electron chi connectivity index (χ0n) is 16.7. The predicted molar refractivity (Wildman–Crippen MR) is 119 cm³/mol. The van der Waals surface area contributed by atoms with Crippen LogP contribution in [0.1, 0.15) is 6.92 Å². The monoisotopic (exact) mass is 424 g/mol. The highest BCUT2D eigenvalue weighted by Crippen LogP contribution is 2.29. The SMILES string of the molecule is CC(Nc1c(-c2ccccc2)nc2cnccn12)C(=O)N1CCN(C(=N)SN)CC1. The molecule has 1 saturated heterocycles. The van der Waals surface area contributed by atoms with E-state index in [9.17, 15) is 4.79 Å². The Bertz CT molecular complexity index is 1050. The number of carbonyl (C=O) groups excluding carboxylic acids is 1. The summed E-state index contributed by atoms with van der Waals surface area (Å²) >= 11 is 0.929. The lowest BCUT2D eigenvalue weighted by atomic mass is 10.1. The third kappa shape index (κ3) is 3.96. The van der Waals surface area contributed by atoms with Crippen molar-refractivity contribution in [2.75, 3.05) is 31.5 Å². The fourth-order valence-electron chi connectivity index (χ4n) is 3.59. The predicted octanol–water partition coefficient (Wildman–Crippen LogP) is 1.88. The molecular weight excluding hydrogens is 400 g/mol. The van der Waals surface area contributed by atoms with E-state index in [1.807, 2.05) is 57.7 Å². The van der Waals surface area contributed by atoms with E-state index in [0.717, 1.165) is 29.0 Å². The van der Waals surface area contributed by atoms with Crippen molar-refractivity contribution in [1.82, 2.24) is 24.2 Å². The van der Waals surface area contributed by atoms with Gasteiger partial charge in [-0.15, -0.1) is 0 Å². The molecule has 0 radical (unpaired) electrons. The van der Waals surface area contributed by atoms with Gasteiger partial charge in [0.25, 0.3) is 0 Å². The van der Waals surface area contributed by atoms with Gasteiger partial charge in [-0.05, 0) is 18.9 Å². The molecule has 30 heavy (non-hydrogen) atoms. The number of rotatable bonds is 4. The van der Waals surface area contributed by atoms with Gasteiger partial charge in [-0.25, -0.2) is 4.98 Å². The fourth-order valence-corrected chi connectivity index (χ4v) is 3.92. The summed E-state index contributed by atoms with van der Waals surface area (Å²) in [6.07, 6.45) is 5.24. The average molecular weight is 425 g/mol. The first-order chi connectivity index (χ1) is 14.6. The van der Waals surface area contributed by atoms with Gasteiger partial charge >= 0.3 is 0 Å². The topological polar surface area (TPSA) is 116 Å². The van der Waals surface area contributed by atoms with Crippen LogP contribution < -0.4 is 10.5 Å². The van der Waals surface area contributed by atoms with E-state index in [1.54, 1.807) is 12.4 Å². The maximum atomic E-state index is 13.1. The van der Waals surface area contributed by atoms with Gasteiger partial charge in [0.15, 0.2) is 10.8 Å². The van der Waals surface area contributed by atoms with Crippen molar-refractivity contribution in [3.63, 3.8) is 0 Å². The zero-order chi connectivity index (χ0) is 21.1. The van der Waals surface area contributed by atoms with Gasteiger partial charge in [0, 0.05) is 44.1 Å². The summed E-state index contributed by atoms with van der Waals surface area (Å²) in [6.45, 7) is 4.21. The molecule has 9 nitrogen and oxygen atoms in total. The zero-order valence-corrected chi connectivity index (χ0v) is 17.5. The first-order valence-corrected chi connectivity index (χ1v) is 10.6. The van der Waals surface area contributed by atoms with E-state index < -0.39 is 6.04 Å². The smallest absolute Gasteiger partial charge is 0.244 e. The molecule has 2 aromatic heterocycles. The molecule has 1 fully saturated rings. The number of nitrogens with two attached hydrogens (primary N) is 1. The number of benzene rings is 1. The molecule has 4 N–H and O–H groups in total. The number of carbonyl (C=O) groups is 1. The van der Waals surface area contributed by atoms with Crippen LogP contribution in [0.15, 0.2) is 48.9 Å². The highest BCUT2D eigenvalue weighted by molar-refractivity contribution is 8.11. The van der Waals surface area contributed by atoms with Crippen LogP contribution in [0, 0.1) is 5.41 Å². The number of amidine groups is 1. The van der Waals surface area contributed by atoms with E-state index >= 15 is 0 Å². The number of hydrogen-bond acceptors (Lipinski definition) is 7. The van der Waals surface area contributed by atoms with Crippen LogP contribution >= 0.6 is 11.9 Å². The van der Waals surface area contributed by atoms with Crippen LogP contribution in [-0.2, 0) is 4.79 Å². The summed E-state index contributed by atoms with van der Waals surface area (Å²) in [6, 6.07) is 9.45. The van der Waals surface area contributed by atoms with Crippen LogP contribution in [0.5, 0.6) is 0 Å². The molecule has 156 valence electrons. The summed E-state index contributed by atoms with van der Waals surface area (Å²) < 4.78 is 1.91. The minimum absolute atomic E-state index is 0.0181. The first kappa shape index (κ1) is 20.2. The number of amides is 1. The molecule has 0 spiro atoms. The van der Waals surface area contributed by atoms with Crippen LogP contribution in [0.2, 0.25) is 0 Å². The number of piperazine rings is 1. The third-order valence-electron chi connectivity index (χ3n) is 5.19. The Balaban J connectivity index is 1.54. The molecule has 10 heteroatoms. The van der Waals surface area contributed by atoms with Gasteiger partial charge < -0.3 is 15.1 Å². The van der Waals surface area contributed by atoms with Gasteiger partial charge in [0.1, 0.15) is 17.6 Å². The number of anilines is 1. The van der Waals surface area contributed by atoms with Crippen LogP contribution in [0.25, 0.3) is 16.9 Å². The Kier molecular flexibility index (Phi) is 5.86. The Morgan fingerprint density at radius 2 is 1.90 bits per heavy atom. The first-order valence-electron chi connectivity index (χ1n) is 9.71. The maximum Gasteiger partial charge on any atom is 0.244 e. The maximum absolute atomic E-state index is 13.1. The lowest BCUT2D eigenvalue weighted by Crippen LogP contribution is -2.53. The molecule has 1 aliphatic heterocycles. The summed E-state index contributed by atoms with van der Waals surface area (Å²) in [5.74, 6) is 0.781. The largest absolute Gasteiger partial charge is 0.358 e. The van der Waals surface area contributed by atoms with Gasteiger partial charge in [-0.3, -0.25) is 24.7 Å². The number of hydrogen-bond donors (Lipinski definition) is 3. The average Bonchev–Trinajstić information content (AvgIpc) is 3.17. The summed E-state index contributed by atoms with van der Waals surface area (Å²) in [5.41, 5.74) is 2.46. The molecule has 1 aromatic carbocycles. The standard InChI is InChI=1S/C20H24N8OS/c1-14(19(29)26-9-11-27(12-10-26)20(21)30-22)24-18-17(15-5-3-2-4-6-15)25-16-13-23-7-8-28(16)18/h2-8,13-14,21,24H,9-12,22H2,1H3. The van der Waals surface area contributed by atoms with E-state index in [1.165, 1.54) is 0 Å². The molecule has 1 atom stereocenters. The molecular formula is C20H24N8OS. The number of aromatic nitrogens is 3. The van der Waals surface area contributed by atoms with Crippen LogP contribution in [-0.4, -0.2) is 67.5 Å². The second kappa shape index (κ2) is 8.72. The molecule has 4 rings (SSSR count). The van der Waals surface area contributed by atoms with Crippen LogP contribution in [0.4, 0.5) is 5.82 Å². The summed E-state index contributed by atoms with van der Waals surface area (Å²) in [5, 5.41) is 17.0. The lowest BCUT2D eigenvalue weighted by Gasteiger charge is -2.36. The highest BCUT2D eigenvalue weighted by Gasteiger charge is 2.27. The highest BCUT2D eigenvalue weighted by atomic mass is 32.2. The molecule has 0 bridgehead atoms. The summed E-state index contributed by atoms with van der Waals surface area (Å²) in [7, 11) is 0. The van der Waals surface area contributed by atoms with Crippen molar-refractivity contribution in [1.29, 1.82) is 5.41 Å². The molecule has 0 aliphatic carbocycles.